The molecular formula is C36H40BrN3O4S. The molecule has 0 saturated carbocycles. The Labute approximate surface area is 275 Å². The molecule has 0 heterocycles. The van der Waals surface area contributed by atoms with E-state index in [4.69, 9.17) is 0 Å². The fourth-order valence-corrected chi connectivity index (χ4v) is 7.01. The van der Waals surface area contributed by atoms with Gasteiger partial charge in [0.25, 0.3) is 10.0 Å². The molecule has 0 aliphatic heterocycles. The molecule has 236 valence electrons. The van der Waals surface area contributed by atoms with Gasteiger partial charge in [0.05, 0.1) is 10.6 Å². The fourth-order valence-electron chi connectivity index (χ4n) is 5.07. The summed E-state index contributed by atoms with van der Waals surface area (Å²) in [5.41, 5.74) is 3.75. The van der Waals surface area contributed by atoms with Gasteiger partial charge in [0.15, 0.2) is 0 Å². The van der Waals surface area contributed by atoms with E-state index in [1.165, 1.54) is 21.3 Å². The molecule has 1 N–H and O–H groups in total. The SMILES string of the molecule is CC[C@H](C)NC(=O)[C@H](Cc1ccccc1)N(Cc1cccc(Br)c1)C(=O)CN(c1cccc(C)c1C)S(=O)(=O)c1ccccc1. The maximum atomic E-state index is 14.6. The molecule has 0 aliphatic carbocycles. The molecule has 0 spiro atoms. The van der Waals surface area contributed by atoms with Crippen LogP contribution in [0.5, 0.6) is 0 Å². The largest absolute Gasteiger partial charge is 0.352 e. The number of amides is 2. The molecule has 2 amide bonds. The summed E-state index contributed by atoms with van der Waals surface area (Å²) in [5.74, 6) is -0.781. The molecule has 0 unspecified atom stereocenters. The van der Waals surface area contributed by atoms with Gasteiger partial charge in [-0.3, -0.25) is 13.9 Å². The van der Waals surface area contributed by atoms with Crippen LogP contribution in [0.4, 0.5) is 5.69 Å². The average Bonchev–Trinajstić information content (AvgIpc) is 3.03. The van der Waals surface area contributed by atoms with Crippen LogP contribution < -0.4 is 9.62 Å². The molecule has 0 saturated heterocycles. The molecule has 9 heteroatoms. The first-order chi connectivity index (χ1) is 21.5. The zero-order valence-corrected chi connectivity index (χ0v) is 28.5. The van der Waals surface area contributed by atoms with E-state index in [1.54, 1.807) is 30.3 Å². The number of hydrogen-bond donors (Lipinski definition) is 1. The Balaban J connectivity index is 1.83. The second-order valence-corrected chi connectivity index (χ2v) is 14.0. The monoisotopic (exact) mass is 689 g/mol. The number of anilines is 1. The average molecular weight is 691 g/mol. The molecule has 45 heavy (non-hydrogen) atoms. The second-order valence-electron chi connectivity index (χ2n) is 11.2. The first kappa shape index (κ1) is 33.9. The van der Waals surface area contributed by atoms with Crippen molar-refractivity contribution in [2.75, 3.05) is 10.8 Å². The Morgan fingerprint density at radius 1 is 0.844 bits per heavy atom. The van der Waals surface area contributed by atoms with Gasteiger partial charge in [-0.25, -0.2) is 8.42 Å². The van der Waals surface area contributed by atoms with Gasteiger partial charge in [0.2, 0.25) is 11.8 Å². The van der Waals surface area contributed by atoms with Crippen molar-refractivity contribution >= 4 is 43.5 Å². The lowest BCUT2D eigenvalue weighted by Gasteiger charge is -2.34. The van der Waals surface area contributed by atoms with Gasteiger partial charge in [0, 0.05) is 23.5 Å². The molecule has 4 aromatic rings. The summed E-state index contributed by atoms with van der Waals surface area (Å²) in [5, 5.41) is 3.07. The Morgan fingerprint density at radius 3 is 2.11 bits per heavy atom. The normalized spacial score (nSPS) is 12.6. The molecule has 4 rings (SSSR count). The van der Waals surface area contributed by atoms with Crippen LogP contribution in [0.25, 0.3) is 0 Å². The summed E-state index contributed by atoms with van der Waals surface area (Å²) in [7, 11) is -4.15. The van der Waals surface area contributed by atoms with Crippen LogP contribution in [0.15, 0.2) is 112 Å². The van der Waals surface area contributed by atoms with Crippen LogP contribution in [0.1, 0.15) is 42.5 Å². The molecule has 0 bridgehead atoms. The van der Waals surface area contributed by atoms with E-state index in [0.717, 1.165) is 33.1 Å². The van der Waals surface area contributed by atoms with Crippen LogP contribution in [0, 0.1) is 13.8 Å². The van der Waals surface area contributed by atoms with Gasteiger partial charge < -0.3 is 10.2 Å². The van der Waals surface area contributed by atoms with Crippen molar-refractivity contribution in [3.8, 4) is 0 Å². The Bertz CT molecular complexity index is 1720. The summed E-state index contributed by atoms with van der Waals surface area (Å²) >= 11 is 3.52. The van der Waals surface area contributed by atoms with Crippen molar-refractivity contribution in [3.05, 3.63) is 130 Å². The zero-order chi connectivity index (χ0) is 32.6. The minimum absolute atomic E-state index is 0.0765. The number of rotatable bonds is 13. The molecule has 0 aliphatic rings. The van der Waals surface area contributed by atoms with Crippen molar-refractivity contribution in [1.82, 2.24) is 10.2 Å². The highest BCUT2D eigenvalue weighted by Gasteiger charge is 2.35. The molecule has 0 radical (unpaired) electrons. The number of nitrogens with zero attached hydrogens (tertiary/aromatic N) is 2. The maximum absolute atomic E-state index is 14.6. The summed E-state index contributed by atoms with van der Waals surface area (Å²) in [6.45, 7) is 7.28. The van der Waals surface area contributed by atoms with Crippen molar-refractivity contribution < 1.29 is 18.0 Å². The highest BCUT2D eigenvalue weighted by atomic mass is 79.9. The number of carbonyl (C=O) groups excluding carboxylic acids is 2. The third-order valence-corrected chi connectivity index (χ3v) is 10.2. The first-order valence-corrected chi connectivity index (χ1v) is 17.3. The van der Waals surface area contributed by atoms with Crippen molar-refractivity contribution in [2.24, 2.45) is 0 Å². The lowest BCUT2D eigenvalue weighted by molar-refractivity contribution is -0.140. The molecule has 7 nitrogen and oxygen atoms in total. The predicted octanol–water partition coefficient (Wildman–Crippen LogP) is 6.82. The van der Waals surface area contributed by atoms with Gasteiger partial charge in [0.1, 0.15) is 12.6 Å². The Morgan fingerprint density at radius 2 is 1.47 bits per heavy atom. The van der Waals surface area contributed by atoms with E-state index < -0.39 is 28.5 Å². The highest BCUT2D eigenvalue weighted by Crippen LogP contribution is 2.29. The Hall–Kier alpha value is -3.95. The van der Waals surface area contributed by atoms with E-state index in [9.17, 15) is 18.0 Å². The van der Waals surface area contributed by atoms with E-state index in [1.807, 2.05) is 88.4 Å². The topological polar surface area (TPSA) is 86.8 Å². The quantitative estimate of drug-likeness (QED) is 0.167. The number of nitrogens with one attached hydrogen (secondary N) is 1. The third kappa shape index (κ3) is 8.61. The van der Waals surface area contributed by atoms with Gasteiger partial charge in [-0.15, -0.1) is 0 Å². The molecule has 2 atom stereocenters. The van der Waals surface area contributed by atoms with Gasteiger partial charge >= 0.3 is 0 Å². The summed E-state index contributed by atoms with van der Waals surface area (Å²) in [6.07, 6.45) is 0.983. The maximum Gasteiger partial charge on any atom is 0.264 e. The Kier molecular flexibility index (Phi) is 11.6. The van der Waals surface area contributed by atoms with Crippen LogP contribution in [0.3, 0.4) is 0 Å². The van der Waals surface area contributed by atoms with E-state index in [2.05, 4.69) is 21.2 Å². The number of benzene rings is 4. The smallest absolute Gasteiger partial charge is 0.264 e. The van der Waals surface area contributed by atoms with Crippen LogP contribution in [-0.4, -0.2) is 43.8 Å². The zero-order valence-electron chi connectivity index (χ0n) is 26.1. The van der Waals surface area contributed by atoms with E-state index in [0.29, 0.717) is 5.69 Å². The van der Waals surface area contributed by atoms with Crippen LogP contribution in [-0.2, 0) is 32.6 Å². The number of sulfonamides is 1. The number of carbonyl (C=O) groups is 2. The summed E-state index contributed by atoms with van der Waals surface area (Å²) in [4.78, 5) is 30.2. The molecule has 0 fully saturated rings. The third-order valence-electron chi connectivity index (χ3n) is 7.97. The van der Waals surface area contributed by atoms with Gasteiger partial charge in [-0.2, -0.15) is 0 Å². The minimum Gasteiger partial charge on any atom is -0.352 e. The minimum atomic E-state index is -4.15. The lowest BCUT2D eigenvalue weighted by atomic mass is 10.0. The van der Waals surface area contributed by atoms with E-state index >= 15 is 0 Å². The molecular weight excluding hydrogens is 650 g/mol. The van der Waals surface area contributed by atoms with Crippen molar-refractivity contribution in [2.45, 2.75) is 64.1 Å². The number of halogens is 1. The molecule has 0 aromatic heterocycles. The molecule has 4 aromatic carbocycles. The van der Waals surface area contributed by atoms with Crippen molar-refractivity contribution in [3.63, 3.8) is 0 Å². The predicted molar refractivity (Wildman–Crippen MR) is 183 cm³/mol. The van der Waals surface area contributed by atoms with Crippen LogP contribution >= 0.6 is 15.9 Å². The second kappa shape index (κ2) is 15.4. The van der Waals surface area contributed by atoms with Crippen LogP contribution in [0.2, 0.25) is 0 Å². The fraction of sp³-hybridized carbons (Fsp3) is 0.278. The van der Waals surface area contributed by atoms with Gasteiger partial charge in [-0.1, -0.05) is 95.7 Å². The number of aryl methyl sites for hydroxylation is 1. The number of hydrogen-bond acceptors (Lipinski definition) is 4. The summed E-state index contributed by atoms with van der Waals surface area (Å²) < 4.78 is 30.4. The summed E-state index contributed by atoms with van der Waals surface area (Å²) in [6, 6.07) is 29.6. The standard InChI is InChI=1S/C36H40BrN3O4S/c1-5-27(3)38-36(42)34(23-29-15-8-6-9-16-29)39(24-30-17-13-18-31(37)22-30)35(41)25-40(33-21-12-14-26(2)28(33)4)45(43,44)32-19-10-7-11-20-32/h6-22,27,34H,5,23-25H2,1-4H3,(H,38,42)/t27-,34-/m0/s1. The lowest BCUT2D eigenvalue weighted by Crippen LogP contribution is -2.54. The van der Waals surface area contributed by atoms with Gasteiger partial charge in [-0.05, 0) is 79.8 Å². The van der Waals surface area contributed by atoms with Crippen molar-refractivity contribution in [1.29, 1.82) is 0 Å². The first-order valence-electron chi connectivity index (χ1n) is 15.0. The van der Waals surface area contributed by atoms with E-state index in [-0.39, 0.29) is 29.8 Å². The highest BCUT2D eigenvalue weighted by molar-refractivity contribution is 9.10.